The predicted molar refractivity (Wildman–Crippen MR) is 85.4 cm³/mol. The summed E-state index contributed by atoms with van der Waals surface area (Å²) in [6.07, 6.45) is 5.08. The van der Waals surface area contributed by atoms with Crippen molar-refractivity contribution in [2.75, 3.05) is 12.4 Å². The van der Waals surface area contributed by atoms with Crippen molar-refractivity contribution >= 4 is 17.6 Å². The van der Waals surface area contributed by atoms with E-state index in [2.05, 4.69) is 25.5 Å². The van der Waals surface area contributed by atoms with Gasteiger partial charge in [0, 0.05) is 18.0 Å². The van der Waals surface area contributed by atoms with Gasteiger partial charge in [0.15, 0.2) is 0 Å². The fourth-order valence-corrected chi connectivity index (χ4v) is 2.15. The van der Waals surface area contributed by atoms with Crippen LogP contribution in [0.15, 0.2) is 42.9 Å². The second-order valence-corrected chi connectivity index (χ2v) is 4.91. The first kappa shape index (κ1) is 14.7. The molecule has 0 amide bonds. The summed E-state index contributed by atoms with van der Waals surface area (Å²) in [5.74, 6) is 0.0748. The van der Waals surface area contributed by atoms with Crippen molar-refractivity contribution in [1.29, 1.82) is 0 Å². The molecule has 0 saturated carbocycles. The van der Waals surface area contributed by atoms with Gasteiger partial charge in [0.2, 0.25) is 5.95 Å². The van der Waals surface area contributed by atoms with Gasteiger partial charge in [-0.1, -0.05) is 12.1 Å². The Bertz CT molecular complexity index is 830. The minimum atomic E-state index is -0.379. The number of hydrogen-bond acceptors (Lipinski definition) is 6. The standard InChI is InChI=1S/C16H15N5O2/c1-10-7-17-16(20-13-8-18-19-9-13)21-14(10)11-4-3-5-12(6-11)15(22)23-2/h3-9H,1-2H3,(H,18,19)(H,17,20,21). The molecule has 0 aliphatic heterocycles. The number of hydrogen-bond donors (Lipinski definition) is 2. The van der Waals surface area contributed by atoms with Gasteiger partial charge in [0.05, 0.1) is 30.3 Å². The van der Waals surface area contributed by atoms with E-state index in [1.807, 2.05) is 13.0 Å². The Hall–Kier alpha value is -3.22. The minimum absolute atomic E-state index is 0.379. The van der Waals surface area contributed by atoms with Gasteiger partial charge in [0.1, 0.15) is 0 Å². The molecule has 2 heterocycles. The predicted octanol–water partition coefficient (Wildman–Crippen LogP) is 2.71. The molecule has 0 unspecified atom stereocenters. The van der Waals surface area contributed by atoms with E-state index in [1.54, 1.807) is 36.8 Å². The zero-order valence-corrected chi connectivity index (χ0v) is 12.7. The molecule has 116 valence electrons. The molecule has 7 nitrogen and oxygen atoms in total. The van der Waals surface area contributed by atoms with Crippen LogP contribution in [-0.4, -0.2) is 33.2 Å². The summed E-state index contributed by atoms with van der Waals surface area (Å²) in [7, 11) is 1.36. The highest BCUT2D eigenvalue weighted by Gasteiger charge is 2.11. The normalized spacial score (nSPS) is 10.3. The van der Waals surface area contributed by atoms with Crippen molar-refractivity contribution < 1.29 is 9.53 Å². The number of aromatic amines is 1. The quantitative estimate of drug-likeness (QED) is 0.720. The van der Waals surface area contributed by atoms with Gasteiger partial charge in [-0.3, -0.25) is 5.10 Å². The van der Waals surface area contributed by atoms with Crippen LogP contribution in [0.5, 0.6) is 0 Å². The van der Waals surface area contributed by atoms with Gasteiger partial charge < -0.3 is 10.1 Å². The topological polar surface area (TPSA) is 92.8 Å². The summed E-state index contributed by atoms with van der Waals surface area (Å²) in [5, 5.41) is 9.64. The first-order chi connectivity index (χ1) is 11.2. The maximum absolute atomic E-state index is 11.7. The number of aryl methyl sites for hydroxylation is 1. The Labute approximate surface area is 132 Å². The van der Waals surface area contributed by atoms with Crippen molar-refractivity contribution in [3.8, 4) is 11.3 Å². The fraction of sp³-hybridized carbons (Fsp3) is 0.125. The van der Waals surface area contributed by atoms with E-state index in [-0.39, 0.29) is 5.97 Å². The average molecular weight is 309 g/mol. The first-order valence-corrected chi connectivity index (χ1v) is 6.95. The van der Waals surface area contributed by atoms with E-state index in [9.17, 15) is 4.79 Å². The van der Waals surface area contributed by atoms with Crippen LogP contribution in [0.25, 0.3) is 11.3 Å². The van der Waals surface area contributed by atoms with Gasteiger partial charge in [-0.2, -0.15) is 5.10 Å². The largest absolute Gasteiger partial charge is 0.465 e. The molecule has 0 saturated heterocycles. The van der Waals surface area contributed by atoms with Gasteiger partial charge >= 0.3 is 5.97 Å². The molecular weight excluding hydrogens is 294 g/mol. The van der Waals surface area contributed by atoms with E-state index in [0.29, 0.717) is 11.5 Å². The fourth-order valence-electron chi connectivity index (χ4n) is 2.15. The van der Waals surface area contributed by atoms with E-state index in [0.717, 1.165) is 22.5 Å². The highest BCUT2D eigenvalue weighted by Crippen LogP contribution is 2.24. The van der Waals surface area contributed by atoms with E-state index < -0.39 is 0 Å². The van der Waals surface area contributed by atoms with Crippen molar-refractivity contribution in [2.45, 2.75) is 6.92 Å². The zero-order chi connectivity index (χ0) is 16.2. The Kier molecular flexibility index (Phi) is 4.01. The van der Waals surface area contributed by atoms with E-state index in [4.69, 9.17) is 4.74 Å². The molecule has 1 aromatic carbocycles. The monoisotopic (exact) mass is 309 g/mol. The number of ether oxygens (including phenoxy) is 1. The van der Waals surface area contributed by atoms with Gasteiger partial charge in [-0.25, -0.2) is 14.8 Å². The highest BCUT2D eigenvalue weighted by atomic mass is 16.5. The second kappa shape index (κ2) is 6.27. The van der Waals surface area contributed by atoms with Crippen LogP contribution in [0.3, 0.4) is 0 Å². The lowest BCUT2D eigenvalue weighted by Crippen LogP contribution is -2.02. The van der Waals surface area contributed by atoms with Crippen molar-refractivity contribution in [3.63, 3.8) is 0 Å². The molecule has 0 radical (unpaired) electrons. The third-order valence-electron chi connectivity index (χ3n) is 3.28. The van der Waals surface area contributed by atoms with E-state index in [1.165, 1.54) is 7.11 Å². The maximum atomic E-state index is 11.7. The highest BCUT2D eigenvalue weighted by molar-refractivity contribution is 5.90. The molecule has 23 heavy (non-hydrogen) atoms. The minimum Gasteiger partial charge on any atom is -0.465 e. The summed E-state index contributed by atoms with van der Waals surface area (Å²) < 4.78 is 4.76. The average Bonchev–Trinajstić information content (AvgIpc) is 3.09. The smallest absolute Gasteiger partial charge is 0.337 e. The van der Waals surface area contributed by atoms with Crippen LogP contribution in [0.4, 0.5) is 11.6 Å². The van der Waals surface area contributed by atoms with Crippen molar-refractivity contribution in [2.24, 2.45) is 0 Å². The number of carbonyl (C=O) groups is 1. The summed E-state index contributed by atoms with van der Waals surface area (Å²) in [5.41, 5.74) is 3.72. The summed E-state index contributed by atoms with van der Waals surface area (Å²) >= 11 is 0. The lowest BCUT2D eigenvalue weighted by atomic mass is 10.1. The Morgan fingerprint density at radius 2 is 2.17 bits per heavy atom. The number of rotatable bonds is 4. The molecule has 2 N–H and O–H groups in total. The van der Waals surface area contributed by atoms with Crippen LogP contribution in [-0.2, 0) is 4.74 Å². The van der Waals surface area contributed by atoms with Crippen LogP contribution < -0.4 is 5.32 Å². The lowest BCUT2D eigenvalue weighted by molar-refractivity contribution is 0.0601. The number of aromatic nitrogens is 4. The van der Waals surface area contributed by atoms with Crippen LogP contribution >= 0.6 is 0 Å². The molecule has 0 bridgehead atoms. The number of carbonyl (C=O) groups excluding carboxylic acids is 1. The van der Waals surface area contributed by atoms with Crippen molar-refractivity contribution in [3.05, 3.63) is 54.0 Å². The van der Waals surface area contributed by atoms with Crippen LogP contribution in [0.2, 0.25) is 0 Å². The molecular formula is C16H15N5O2. The first-order valence-electron chi connectivity index (χ1n) is 6.95. The summed E-state index contributed by atoms with van der Waals surface area (Å²) in [4.78, 5) is 20.5. The Morgan fingerprint density at radius 1 is 1.30 bits per heavy atom. The summed E-state index contributed by atoms with van der Waals surface area (Å²) in [6.45, 7) is 1.92. The molecule has 3 aromatic rings. The number of methoxy groups -OCH3 is 1. The van der Waals surface area contributed by atoms with Gasteiger partial charge in [-0.05, 0) is 24.6 Å². The molecule has 0 aliphatic rings. The van der Waals surface area contributed by atoms with Crippen LogP contribution in [0.1, 0.15) is 15.9 Å². The molecule has 3 rings (SSSR count). The molecule has 2 aromatic heterocycles. The number of nitrogens with one attached hydrogen (secondary N) is 2. The number of nitrogens with zero attached hydrogens (tertiary/aromatic N) is 3. The number of benzene rings is 1. The molecule has 0 spiro atoms. The zero-order valence-electron chi connectivity index (χ0n) is 12.7. The van der Waals surface area contributed by atoms with Crippen molar-refractivity contribution in [1.82, 2.24) is 20.2 Å². The number of H-pyrrole nitrogens is 1. The lowest BCUT2D eigenvalue weighted by Gasteiger charge is -2.09. The molecule has 7 heteroatoms. The third-order valence-corrected chi connectivity index (χ3v) is 3.28. The SMILES string of the molecule is COC(=O)c1cccc(-c2nc(Nc3cn[nH]c3)ncc2C)c1. The maximum Gasteiger partial charge on any atom is 0.337 e. The second-order valence-electron chi connectivity index (χ2n) is 4.91. The molecule has 0 fully saturated rings. The number of esters is 1. The van der Waals surface area contributed by atoms with Gasteiger partial charge in [0.25, 0.3) is 0 Å². The Morgan fingerprint density at radius 3 is 2.91 bits per heavy atom. The summed E-state index contributed by atoms with van der Waals surface area (Å²) in [6, 6.07) is 7.15. The Balaban J connectivity index is 1.97. The van der Waals surface area contributed by atoms with E-state index >= 15 is 0 Å². The third kappa shape index (κ3) is 3.18. The van der Waals surface area contributed by atoms with Gasteiger partial charge in [-0.15, -0.1) is 0 Å². The molecule has 0 atom stereocenters. The molecule has 0 aliphatic carbocycles. The number of anilines is 2. The van der Waals surface area contributed by atoms with Crippen LogP contribution in [0, 0.1) is 6.92 Å².